The van der Waals surface area contributed by atoms with Crippen molar-refractivity contribution < 1.29 is 14.4 Å². The van der Waals surface area contributed by atoms with Crippen LogP contribution in [0.4, 0.5) is 11.4 Å². The van der Waals surface area contributed by atoms with Crippen molar-refractivity contribution in [1.82, 2.24) is 4.98 Å². The van der Waals surface area contributed by atoms with Gasteiger partial charge in [0.1, 0.15) is 5.92 Å². The Morgan fingerprint density at radius 1 is 0.968 bits per heavy atom. The molecule has 1 N–H and O–H groups in total. The van der Waals surface area contributed by atoms with Crippen LogP contribution in [0.15, 0.2) is 79.1 Å². The van der Waals surface area contributed by atoms with E-state index in [1.165, 1.54) is 6.20 Å². The molecule has 0 aliphatic carbocycles. The van der Waals surface area contributed by atoms with E-state index in [4.69, 9.17) is 0 Å². The van der Waals surface area contributed by atoms with Gasteiger partial charge in [-0.2, -0.15) is 0 Å². The van der Waals surface area contributed by atoms with E-state index in [1.54, 1.807) is 53.6 Å². The summed E-state index contributed by atoms with van der Waals surface area (Å²) in [7, 11) is 0. The number of aryl methyl sites for hydroxylation is 1. The third-order valence-corrected chi connectivity index (χ3v) is 5.41. The number of rotatable bonds is 6. The minimum absolute atomic E-state index is 0.200. The van der Waals surface area contributed by atoms with E-state index in [-0.39, 0.29) is 18.1 Å². The summed E-state index contributed by atoms with van der Waals surface area (Å²) in [6.45, 7) is 0.576. The molecule has 0 spiro atoms. The Balaban J connectivity index is 1.59. The second-order valence-corrected chi connectivity index (χ2v) is 7.50. The fourth-order valence-electron chi connectivity index (χ4n) is 3.85. The molecule has 1 aliphatic heterocycles. The molecule has 1 aromatic heterocycles. The average Bonchev–Trinajstić information content (AvgIpc) is 2.82. The van der Waals surface area contributed by atoms with Crippen molar-refractivity contribution in [2.24, 2.45) is 5.92 Å². The second kappa shape index (κ2) is 9.34. The maximum Gasteiger partial charge on any atom is 0.235 e. The number of ketones is 1. The summed E-state index contributed by atoms with van der Waals surface area (Å²) in [4.78, 5) is 45.2. The average molecular weight is 413 g/mol. The molecule has 2 heterocycles. The summed E-state index contributed by atoms with van der Waals surface area (Å²) >= 11 is 0. The maximum absolute atomic E-state index is 13.2. The van der Waals surface area contributed by atoms with Crippen molar-refractivity contribution in [1.29, 1.82) is 0 Å². The van der Waals surface area contributed by atoms with Crippen LogP contribution < -0.4 is 10.2 Å². The zero-order chi connectivity index (χ0) is 21.6. The lowest BCUT2D eigenvalue weighted by molar-refractivity contribution is -0.124. The number of benzene rings is 2. The normalized spacial score (nSPS) is 13.7. The number of hydrogen-bond acceptors (Lipinski definition) is 4. The smallest absolute Gasteiger partial charge is 0.235 e. The van der Waals surface area contributed by atoms with Gasteiger partial charge in [0.15, 0.2) is 5.78 Å². The van der Waals surface area contributed by atoms with Crippen molar-refractivity contribution in [3.8, 4) is 0 Å². The van der Waals surface area contributed by atoms with E-state index < -0.39 is 11.8 Å². The van der Waals surface area contributed by atoms with Gasteiger partial charge in [-0.15, -0.1) is 0 Å². The number of amides is 2. The van der Waals surface area contributed by atoms with Gasteiger partial charge in [-0.3, -0.25) is 19.4 Å². The quantitative estimate of drug-likeness (QED) is 0.491. The topological polar surface area (TPSA) is 79.4 Å². The first kappa shape index (κ1) is 20.5. The Labute approximate surface area is 180 Å². The van der Waals surface area contributed by atoms with Crippen LogP contribution in [0, 0.1) is 5.92 Å². The predicted molar refractivity (Wildman–Crippen MR) is 119 cm³/mol. The molecular formula is C25H23N3O3. The SMILES string of the molecule is O=C(Nc1cccnc1)[C@H](CC(=O)N1CCCc2ccccc21)C(=O)c1ccccc1. The van der Waals surface area contributed by atoms with Crippen molar-refractivity contribution in [2.75, 3.05) is 16.8 Å². The standard InChI is InChI=1S/C25H23N3O3/c29-23(28-15-7-11-18-8-4-5-13-22(18)28)16-21(24(30)19-9-2-1-3-10-19)25(31)27-20-12-6-14-26-17-20/h1-6,8-10,12-14,17,21H,7,11,15-16H2,(H,27,31)/t21-/m1/s1. The number of aromatic nitrogens is 1. The van der Waals surface area contributed by atoms with Crippen molar-refractivity contribution in [2.45, 2.75) is 19.3 Å². The van der Waals surface area contributed by atoms with E-state index in [1.807, 2.05) is 24.3 Å². The first-order valence-electron chi connectivity index (χ1n) is 10.3. The number of Topliss-reactive ketones (excluding diaryl/α,β-unsaturated/α-hetero) is 1. The second-order valence-electron chi connectivity index (χ2n) is 7.50. The number of nitrogens with one attached hydrogen (secondary N) is 1. The summed E-state index contributed by atoms with van der Waals surface area (Å²) < 4.78 is 0. The number of para-hydroxylation sites is 1. The van der Waals surface area contributed by atoms with Gasteiger partial charge in [0.25, 0.3) is 0 Å². The molecule has 3 aromatic rings. The van der Waals surface area contributed by atoms with Gasteiger partial charge in [0.2, 0.25) is 11.8 Å². The van der Waals surface area contributed by atoms with Crippen LogP contribution in [-0.2, 0) is 16.0 Å². The Morgan fingerprint density at radius 3 is 2.52 bits per heavy atom. The van der Waals surface area contributed by atoms with E-state index in [0.29, 0.717) is 17.8 Å². The zero-order valence-corrected chi connectivity index (χ0v) is 17.0. The van der Waals surface area contributed by atoms with Crippen molar-refractivity contribution >= 4 is 29.0 Å². The number of carbonyl (C=O) groups is 3. The van der Waals surface area contributed by atoms with Crippen molar-refractivity contribution in [3.63, 3.8) is 0 Å². The minimum atomic E-state index is -1.14. The highest BCUT2D eigenvalue weighted by atomic mass is 16.2. The molecule has 2 aromatic carbocycles. The van der Waals surface area contributed by atoms with Crippen LogP contribution in [0.2, 0.25) is 0 Å². The van der Waals surface area contributed by atoms with Gasteiger partial charge < -0.3 is 10.2 Å². The van der Waals surface area contributed by atoms with Gasteiger partial charge in [0.05, 0.1) is 11.9 Å². The van der Waals surface area contributed by atoms with Crippen LogP contribution in [0.25, 0.3) is 0 Å². The summed E-state index contributed by atoms with van der Waals surface area (Å²) in [5, 5.41) is 2.73. The fraction of sp³-hybridized carbons (Fsp3) is 0.200. The Morgan fingerprint density at radius 2 is 1.74 bits per heavy atom. The highest BCUT2D eigenvalue weighted by Gasteiger charge is 2.33. The largest absolute Gasteiger partial charge is 0.324 e. The monoisotopic (exact) mass is 413 g/mol. The molecule has 0 radical (unpaired) electrons. The predicted octanol–water partition coefficient (Wildman–Crippen LogP) is 3.89. The van der Waals surface area contributed by atoms with Crippen LogP contribution in [0.5, 0.6) is 0 Å². The molecular weight excluding hydrogens is 390 g/mol. The molecule has 0 saturated carbocycles. The molecule has 156 valence electrons. The number of pyridine rings is 1. The number of carbonyl (C=O) groups excluding carboxylic acids is 3. The molecule has 31 heavy (non-hydrogen) atoms. The lowest BCUT2D eigenvalue weighted by Gasteiger charge is -2.30. The number of hydrogen-bond donors (Lipinski definition) is 1. The first-order chi connectivity index (χ1) is 15.1. The van der Waals surface area contributed by atoms with Crippen molar-refractivity contribution in [3.05, 3.63) is 90.3 Å². The minimum Gasteiger partial charge on any atom is -0.324 e. The third kappa shape index (κ3) is 4.69. The van der Waals surface area contributed by atoms with E-state index in [0.717, 1.165) is 24.1 Å². The van der Waals surface area contributed by atoms with E-state index in [9.17, 15) is 14.4 Å². The molecule has 2 amide bonds. The molecule has 6 heteroatoms. The van der Waals surface area contributed by atoms with E-state index >= 15 is 0 Å². The highest BCUT2D eigenvalue weighted by molar-refractivity contribution is 6.16. The number of anilines is 2. The van der Waals surface area contributed by atoms with Gasteiger partial charge in [-0.25, -0.2) is 0 Å². The van der Waals surface area contributed by atoms with Crippen LogP contribution >= 0.6 is 0 Å². The Kier molecular flexibility index (Phi) is 6.17. The molecule has 1 aliphatic rings. The van der Waals surface area contributed by atoms with Gasteiger partial charge in [-0.05, 0) is 36.6 Å². The Bertz CT molecular complexity index is 1080. The molecule has 1 atom stereocenters. The molecule has 6 nitrogen and oxygen atoms in total. The summed E-state index contributed by atoms with van der Waals surface area (Å²) in [6, 6.07) is 19.8. The molecule has 0 fully saturated rings. The first-order valence-corrected chi connectivity index (χ1v) is 10.3. The molecule has 0 unspecified atom stereocenters. The summed E-state index contributed by atoms with van der Waals surface area (Å²) in [5.74, 6) is -2.26. The number of nitrogens with zero attached hydrogens (tertiary/aromatic N) is 2. The summed E-state index contributed by atoms with van der Waals surface area (Å²) in [5.41, 5.74) is 2.85. The molecule has 0 saturated heterocycles. The van der Waals surface area contributed by atoms with Gasteiger partial charge >= 0.3 is 0 Å². The molecule has 0 bridgehead atoms. The zero-order valence-electron chi connectivity index (χ0n) is 17.0. The Hall–Kier alpha value is -3.80. The third-order valence-electron chi connectivity index (χ3n) is 5.41. The van der Waals surface area contributed by atoms with Gasteiger partial charge in [-0.1, -0.05) is 48.5 Å². The van der Waals surface area contributed by atoms with Crippen LogP contribution in [0.3, 0.4) is 0 Å². The fourth-order valence-corrected chi connectivity index (χ4v) is 3.85. The van der Waals surface area contributed by atoms with E-state index in [2.05, 4.69) is 10.3 Å². The lowest BCUT2D eigenvalue weighted by atomic mass is 9.92. The highest BCUT2D eigenvalue weighted by Crippen LogP contribution is 2.28. The van der Waals surface area contributed by atoms with Crippen LogP contribution in [-0.4, -0.2) is 29.1 Å². The maximum atomic E-state index is 13.2. The summed E-state index contributed by atoms with van der Waals surface area (Å²) in [6.07, 6.45) is 4.66. The van der Waals surface area contributed by atoms with Gasteiger partial charge in [0, 0.05) is 30.4 Å². The van der Waals surface area contributed by atoms with Crippen LogP contribution in [0.1, 0.15) is 28.8 Å². The molecule has 4 rings (SSSR count). The number of fused-ring (bicyclic) bond motifs is 1. The lowest BCUT2D eigenvalue weighted by Crippen LogP contribution is -2.40.